The summed E-state index contributed by atoms with van der Waals surface area (Å²) in [6.07, 6.45) is 0.674. The molecule has 1 aromatic carbocycles. The normalized spacial score (nSPS) is 11.8. The van der Waals surface area contributed by atoms with Gasteiger partial charge in [-0.05, 0) is 31.5 Å². The molecule has 1 atom stereocenters. The van der Waals surface area contributed by atoms with Crippen LogP contribution >= 0.6 is 23.2 Å². The van der Waals surface area contributed by atoms with Crippen LogP contribution in [-0.4, -0.2) is 41.6 Å². The highest BCUT2D eigenvalue weighted by atomic mass is 35.5. The molecule has 5 nitrogen and oxygen atoms in total. The third-order valence-corrected chi connectivity index (χ3v) is 3.55. The third kappa shape index (κ3) is 5.44. The fraction of sp³-hybridized carbons (Fsp3) is 0.429. The summed E-state index contributed by atoms with van der Waals surface area (Å²) in [6, 6.07) is 4.05. The van der Waals surface area contributed by atoms with E-state index in [0.717, 1.165) is 0 Å². The predicted molar refractivity (Wildman–Crippen MR) is 81.1 cm³/mol. The van der Waals surface area contributed by atoms with Crippen LogP contribution in [-0.2, 0) is 9.59 Å². The standard InChI is InChI=1S/C14H17Cl2NO4/c1-9(14(19)20)17(2)13(18)4-3-7-21-12-6-5-10(15)8-11(12)16/h5-6,8-9H,3-4,7H2,1-2H3,(H,19,20). The smallest absolute Gasteiger partial charge is 0.326 e. The zero-order valence-corrected chi connectivity index (χ0v) is 13.3. The van der Waals surface area contributed by atoms with Crippen LogP contribution in [0, 0.1) is 0 Å². The molecule has 1 unspecified atom stereocenters. The van der Waals surface area contributed by atoms with Gasteiger partial charge in [-0.2, -0.15) is 0 Å². The number of ether oxygens (including phenoxy) is 1. The molecule has 116 valence electrons. The number of amides is 1. The van der Waals surface area contributed by atoms with E-state index in [1.54, 1.807) is 18.2 Å². The Balaban J connectivity index is 2.37. The average Bonchev–Trinajstić information content (AvgIpc) is 2.43. The van der Waals surface area contributed by atoms with Crippen molar-refractivity contribution in [1.29, 1.82) is 0 Å². The molecule has 0 fully saturated rings. The van der Waals surface area contributed by atoms with Crippen molar-refractivity contribution >= 4 is 35.1 Å². The molecular weight excluding hydrogens is 317 g/mol. The Labute approximate surface area is 133 Å². The molecule has 0 saturated heterocycles. The molecule has 0 saturated carbocycles. The number of hydrogen-bond donors (Lipinski definition) is 1. The highest BCUT2D eigenvalue weighted by molar-refractivity contribution is 6.35. The monoisotopic (exact) mass is 333 g/mol. The number of nitrogens with zero attached hydrogens (tertiary/aromatic N) is 1. The van der Waals surface area contributed by atoms with Crippen molar-refractivity contribution in [3.05, 3.63) is 28.2 Å². The predicted octanol–water partition coefficient (Wildman–Crippen LogP) is 3.08. The maximum Gasteiger partial charge on any atom is 0.326 e. The lowest BCUT2D eigenvalue weighted by Crippen LogP contribution is -2.40. The Morgan fingerprint density at radius 2 is 2.05 bits per heavy atom. The van der Waals surface area contributed by atoms with Gasteiger partial charge >= 0.3 is 5.97 Å². The van der Waals surface area contributed by atoms with Gasteiger partial charge < -0.3 is 14.7 Å². The van der Waals surface area contributed by atoms with Crippen molar-refractivity contribution in [3.8, 4) is 5.75 Å². The van der Waals surface area contributed by atoms with Crippen LogP contribution in [0.3, 0.4) is 0 Å². The van der Waals surface area contributed by atoms with E-state index in [-0.39, 0.29) is 12.3 Å². The molecule has 1 N–H and O–H groups in total. The summed E-state index contributed by atoms with van der Waals surface area (Å²) in [5.41, 5.74) is 0. The van der Waals surface area contributed by atoms with E-state index in [0.29, 0.717) is 28.8 Å². The number of likely N-dealkylation sites (N-methyl/N-ethyl adjacent to an activating group) is 1. The van der Waals surface area contributed by atoms with Crippen LogP contribution in [0.25, 0.3) is 0 Å². The number of carboxylic acids is 1. The number of carbonyl (C=O) groups is 2. The van der Waals surface area contributed by atoms with E-state index in [1.807, 2.05) is 0 Å². The minimum absolute atomic E-state index is 0.208. The van der Waals surface area contributed by atoms with E-state index < -0.39 is 12.0 Å². The number of carbonyl (C=O) groups excluding carboxylic acids is 1. The van der Waals surface area contributed by atoms with Crippen LogP contribution in [0.1, 0.15) is 19.8 Å². The molecule has 1 aromatic rings. The van der Waals surface area contributed by atoms with Crippen LogP contribution in [0.4, 0.5) is 0 Å². The van der Waals surface area contributed by atoms with Gasteiger partial charge in [0.25, 0.3) is 0 Å². The highest BCUT2D eigenvalue weighted by Crippen LogP contribution is 2.27. The second-order valence-corrected chi connectivity index (χ2v) is 5.39. The molecule has 21 heavy (non-hydrogen) atoms. The van der Waals surface area contributed by atoms with Gasteiger partial charge in [-0.1, -0.05) is 23.2 Å². The average molecular weight is 334 g/mol. The van der Waals surface area contributed by atoms with Gasteiger partial charge in [0.15, 0.2) is 0 Å². The Morgan fingerprint density at radius 3 is 2.62 bits per heavy atom. The lowest BCUT2D eigenvalue weighted by molar-refractivity contribution is -0.148. The lowest BCUT2D eigenvalue weighted by atomic mass is 10.2. The summed E-state index contributed by atoms with van der Waals surface area (Å²) >= 11 is 11.7. The van der Waals surface area contributed by atoms with Crippen molar-refractivity contribution in [3.63, 3.8) is 0 Å². The Kier molecular flexibility index (Phi) is 6.78. The minimum atomic E-state index is -1.03. The molecule has 0 aromatic heterocycles. The molecule has 0 heterocycles. The summed E-state index contributed by atoms with van der Waals surface area (Å²) in [6.45, 7) is 1.77. The van der Waals surface area contributed by atoms with E-state index in [9.17, 15) is 9.59 Å². The number of rotatable bonds is 7. The SMILES string of the molecule is CC(C(=O)O)N(C)C(=O)CCCOc1ccc(Cl)cc1Cl. The highest BCUT2D eigenvalue weighted by Gasteiger charge is 2.20. The van der Waals surface area contributed by atoms with Gasteiger partial charge in [0.05, 0.1) is 11.6 Å². The molecule has 0 spiro atoms. The van der Waals surface area contributed by atoms with Crippen molar-refractivity contribution in [2.75, 3.05) is 13.7 Å². The van der Waals surface area contributed by atoms with Crippen LogP contribution in [0.15, 0.2) is 18.2 Å². The fourth-order valence-electron chi connectivity index (χ4n) is 1.56. The van der Waals surface area contributed by atoms with Gasteiger partial charge in [-0.3, -0.25) is 4.79 Å². The zero-order valence-electron chi connectivity index (χ0n) is 11.8. The number of benzene rings is 1. The number of carboxylic acid groups (broad SMARTS) is 1. The second-order valence-electron chi connectivity index (χ2n) is 4.55. The minimum Gasteiger partial charge on any atom is -0.492 e. The molecular formula is C14H17Cl2NO4. The molecule has 0 bridgehead atoms. The van der Waals surface area contributed by atoms with E-state index in [4.69, 9.17) is 33.0 Å². The van der Waals surface area contributed by atoms with Crippen LogP contribution in [0.5, 0.6) is 5.75 Å². The number of halogens is 2. The first-order valence-corrected chi connectivity index (χ1v) is 7.15. The summed E-state index contributed by atoms with van der Waals surface area (Å²) in [4.78, 5) is 23.8. The summed E-state index contributed by atoms with van der Waals surface area (Å²) in [5, 5.41) is 9.76. The van der Waals surface area contributed by atoms with Crippen molar-refractivity contribution in [1.82, 2.24) is 4.90 Å². The van der Waals surface area contributed by atoms with Crippen LogP contribution in [0.2, 0.25) is 10.0 Å². The molecule has 0 aliphatic rings. The number of hydrogen-bond acceptors (Lipinski definition) is 3. The second kappa shape index (κ2) is 8.10. The first-order valence-electron chi connectivity index (χ1n) is 6.39. The van der Waals surface area contributed by atoms with E-state index in [1.165, 1.54) is 18.9 Å². The topological polar surface area (TPSA) is 66.8 Å². The maximum atomic E-state index is 11.8. The van der Waals surface area contributed by atoms with E-state index in [2.05, 4.69) is 0 Å². The fourth-order valence-corrected chi connectivity index (χ4v) is 2.02. The molecule has 1 rings (SSSR count). The Hall–Kier alpha value is -1.46. The van der Waals surface area contributed by atoms with Crippen LogP contribution < -0.4 is 4.74 Å². The maximum absolute atomic E-state index is 11.8. The Bertz CT molecular complexity index is 522. The van der Waals surface area contributed by atoms with Gasteiger partial charge in [0, 0.05) is 18.5 Å². The third-order valence-electron chi connectivity index (χ3n) is 3.02. The summed E-state index contributed by atoms with van der Waals surface area (Å²) in [7, 11) is 1.47. The zero-order chi connectivity index (χ0) is 16.0. The summed E-state index contributed by atoms with van der Waals surface area (Å²) < 4.78 is 5.45. The Morgan fingerprint density at radius 1 is 1.38 bits per heavy atom. The molecule has 0 aliphatic heterocycles. The molecule has 0 radical (unpaired) electrons. The number of aliphatic carboxylic acids is 1. The van der Waals surface area contributed by atoms with Crippen molar-refractivity contribution in [2.24, 2.45) is 0 Å². The summed E-state index contributed by atoms with van der Waals surface area (Å²) in [5.74, 6) is -0.772. The first kappa shape index (κ1) is 17.6. The largest absolute Gasteiger partial charge is 0.492 e. The van der Waals surface area contributed by atoms with Gasteiger partial charge in [-0.15, -0.1) is 0 Å². The lowest BCUT2D eigenvalue weighted by Gasteiger charge is -2.21. The van der Waals surface area contributed by atoms with Gasteiger partial charge in [0.1, 0.15) is 11.8 Å². The van der Waals surface area contributed by atoms with Gasteiger partial charge in [0.2, 0.25) is 5.91 Å². The molecule has 1 amide bonds. The molecule has 0 aliphatic carbocycles. The molecule has 7 heteroatoms. The quantitative estimate of drug-likeness (QED) is 0.778. The first-order chi connectivity index (χ1) is 9.82. The van der Waals surface area contributed by atoms with E-state index >= 15 is 0 Å². The van der Waals surface area contributed by atoms with Crippen molar-refractivity contribution < 1.29 is 19.4 Å². The van der Waals surface area contributed by atoms with Crippen molar-refractivity contribution in [2.45, 2.75) is 25.8 Å². The van der Waals surface area contributed by atoms with Gasteiger partial charge in [-0.25, -0.2) is 4.79 Å².